The Balaban J connectivity index is 1.63. The summed E-state index contributed by atoms with van der Waals surface area (Å²) in [7, 11) is 0. The minimum Gasteiger partial charge on any atom is -0.364 e. The first-order valence-electron chi connectivity index (χ1n) is 8.02. The van der Waals surface area contributed by atoms with Gasteiger partial charge >= 0.3 is 6.08 Å². The van der Waals surface area contributed by atoms with Crippen molar-refractivity contribution in [3.05, 3.63) is 47.8 Å². The maximum atomic E-state index is 13.9. The molecule has 1 aliphatic rings. The zero-order valence-corrected chi connectivity index (χ0v) is 13.4. The summed E-state index contributed by atoms with van der Waals surface area (Å²) in [6.07, 6.45) is 2.61. The van der Waals surface area contributed by atoms with E-state index in [1.54, 1.807) is 10.9 Å². The molecule has 2 aromatic heterocycles. The van der Waals surface area contributed by atoms with Gasteiger partial charge in [-0.2, -0.15) is 14.4 Å². The Morgan fingerprint density at radius 3 is 2.88 bits per heavy atom. The Hall–Kier alpha value is -2.54. The number of rotatable bonds is 4. The Morgan fingerprint density at radius 1 is 1.29 bits per heavy atom. The van der Waals surface area contributed by atoms with Gasteiger partial charge in [0.1, 0.15) is 6.23 Å². The van der Waals surface area contributed by atoms with Crippen LogP contribution in [0.4, 0.5) is 10.2 Å². The van der Waals surface area contributed by atoms with Gasteiger partial charge in [0.15, 0.2) is 17.0 Å². The fourth-order valence-electron chi connectivity index (χ4n) is 2.90. The molecule has 1 fully saturated rings. The van der Waals surface area contributed by atoms with Crippen molar-refractivity contribution in [2.45, 2.75) is 32.5 Å². The van der Waals surface area contributed by atoms with Crippen LogP contribution in [0, 0.1) is 13.0 Å². The third-order valence-electron chi connectivity index (χ3n) is 4.19. The highest BCUT2D eigenvalue weighted by molar-refractivity contribution is 5.82. The molecule has 1 aliphatic heterocycles. The number of imidazole rings is 1. The van der Waals surface area contributed by atoms with Gasteiger partial charge in [0.2, 0.25) is 0 Å². The van der Waals surface area contributed by atoms with E-state index in [0.717, 1.165) is 18.4 Å². The van der Waals surface area contributed by atoms with Crippen molar-refractivity contribution in [3.8, 4) is 0 Å². The van der Waals surface area contributed by atoms with Crippen LogP contribution < -0.4 is 5.32 Å². The first-order valence-corrected chi connectivity index (χ1v) is 8.02. The van der Waals surface area contributed by atoms with Crippen LogP contribution in [-0.2, 0) is 11.3 Å². The van der Waals surface area contributed by atoms with Gasteiger partial charge in [0.05, 0.1) is 6.33 Å². The van der Waals surface area contributed by atoms with E-state index in [9.17, 15) is 4.39 Å². The second kappa shape index (κ2) is 6.16. The zero-order chi connectivity index (χ0) is 16.5. The van der Waals surface area contributed by atoms with Gasteiger partial charge in [0, 0.05) is 13.2 Å². The molecular formula is C17H18FN5O. The molecular weight excluding hydrogens is 309 g/mol. The van der Waals surface area contributed by atoms with Crippen LogP contribution in [0.25, 0.3) is 11.2 Å². The fraction of sp³-hybridized carbons (Fsp3) is 0.353. The predicted octanol–water partition coefficient (Wildman–Crippen LogP) is 3.19. The number of nitrogens with zero attached hydrogens (tertiary/aromatic N) is 4. The summed E-state index contributed by atoms with van der Waals surface area (Å²) >= 11 is 0. The summed E-state index contributed by atoms with van der Waals surface area (Å²) in [5.74, 6) is 0.398. The van der Waals surface area contributed by atoms with Gasteiger partial charge in [-0.25, -0.2) is 4.98 Å². The summed E-state index contributed by atoms with van der Waals surface area (Å²) in [6.45, 7) is 3.29. The third-order valence-corrected chi connectivity index (χ3v) is 4.19. The van der Waals surface area contributed by atoms with E-state index in [1.165, 1.54) is 5.56 Å². The van der Waals surface area contributed by atoms with Crippen molar-refractivity contribution in [2.24, 2.45) is 0 Å². The van der Waals surface area contributed by atoms with Gasteiger partial charge in [-0.1, -0.05) is 29.8 Å². The lowest BCUT2D eigenvalue weighted by molar-refractivity contribution is 0.0592. The number of ether oxygens (including phenoxy) is 1. The molecule has 6 nitrogen and oxygen atoms in total. The van der Waals surface area contributed by atoms with Gasteiger partial charge in [-0.05, 0) is 25.3 Å². The molecule has 124 valence electrons. The topological polar surface area (TPSA) is 64.9 Å². The van der Waals surface area contributed by atoms with Gasteiger partial charge in [0.25, 0.3) is 0 Å². The quantitative estimate of drug-likeness (QED) is 0.746. The van der Waals surface area contributed by atoms with E-state index in [4.69, 9.17) is 4.74 Å². The number of halogens is 1. The molecule has 1 atom stereocenters. The maximum absolute atomic E-state index is 13.9. The predicted molar refractivity (Wildman–Crippen MR) is 88.0 cm³/mol. The highest BCUT2D eigenvalue weighted by Crippen LogP contribution is 2.28. The third kappa shape index (κ3) is 2.82. The summed E-state index contributed by atoms with van der Waals surface area (Å²) in [6, 6.07) is 8.14. The largest absolute Gasteiger partial charge is 0.364 e. The Labute approximate surface area is 138 Å². The number of fused-ring (bicyclic) bond motifs is 1. The summed E-state index contributed by atoms with van der Waals surface area (Å²) in [5, 5.41) is 3.16. The monoisotopic (exact) mass is 327 g/mol. The number of nitrogens with one attached hydrogen (secondary N) is 1. The van der Waals surface area contributed by atoms with Crippen LogP contribution in [0.5, 0.6) is 0 Å². The van der Waals surface area contributed by atoms with E-state index >= 15 is 0 Å². The molecule has 4 rings (SSSR count). The van der Waals surface area contributed by atoms with E-state index in [0.29, 0.717) is 30.1 Å². The molecule has 0 spiro atoms. The highest BCUT2D eigenvalue weighted by atomic mass is 19.1. The van der Waals surface area contributed by atoms with Crippen LogP contribution in [0.15, 0.2) is 30.6 Å². The lowest BCUT2D eigenvalue weighted by Crippen LogP contribution is -2.09. The van der Waals surface area contributed by atoms with Crippen LogP contribution in [0.3, 0.4) is 0 Å². The average Bonchev–Trinajstić information content (AvgIpc) is 3.22. The molecule has 0 bridgehead atoms. The minimum atomic E-state index is -0.770. The average molecular weight is 327 g/mol. The van der Waals surface area contributed by atoms with Crippen molar-refractivity contribution in [1.82, 2.24) is 19.5 Å². The normalized spacial score (nSPS) is 17.5. The van der Waals surface area contributed by atoms with Crippen molar-refractivity contribution >= 4 is 17.0 Å². The minimum absolute atomic E-state index is 0.130. The van der Waals surface area contributed by atoms with Crippen LogP contribution in [0.2, 0.25) is 0 Å². The number of hydrogen-bond acceptors (Lipinski definition) is 5. The molecule has 24 heavy (non-hydrogen) atoms. The molecule has 1 saturated heterocycles. The van der Waals surface area contributed by atoms with Gasteiger partial charge in [-0.15, -0.1) is 0 Å². The standard InChI is InChI=1S/C17H18FN5O/c1-11-4-6-12(7-5-11)9-19-15-14-16(22-17(18)21-15)23(10-20-14)13-3-2-8-24-13/h4-7,10,13H,2-3,8-9H2,1H3,(H,19,21,22). The van der Waals surface area contributed by atoms with Crippen molar-refractivity contribution in [3.63, 3.8) is 0 Å². The summed E-state index contributed by atoms with van der Waals surface area (Å²) in [5.41, 5.74) is 3.30. The Bertz CT molecular complexity index is 855. The molecule has 7 heteroatoms. The maximum Gasteiger partial charge on any atom is 0.312 e. The van der Waals surface area contributed by atoms with Crippen LogP contribution >= 0.6 is 0 Å². The molecule has 1 unspecified atom stereocenters. The molecule has 0 saturated carbocycles. The number of aryl methyl sites for hydroxylation is 1. The van der Waals surface area contributed by atoms with E-state index in [2.05, 4.69) is 20.3 Å². The van der Waals surface area contributed by atoms with Crippen LogP contribution in [-0.4, -0.2) is 26.1 Å². The van der Waals surface area contributed by atoms with Crippen molar-refractivity contribution in [1.29, 1.82) is 0 Å². The second-order valence-electron chi connectivity index (χ2n) is 5.97. The number of aromatic nitrogens is 4. The molecule has 1 aromatic carbocycles. The van der Waals surface area contributed by atoms with E-state index in [-0.39, 0.29) is 6.23 Å². The van der Waals surface area contributed by atoms with Crippen molar-refractivity contribution < 1.29 is 9.13 Å². The number of benzene rings is 1. The van der Waals surface area contributed by atoms with Crippen molar-refractivity contribution in [2.75, 3.05) is 11.9 Å². The SMILES string of the molecule is Cc1ccc(CNc2nc(F)nc3c2ncn3C2CCCO2)cc1. The molecule has 1 N–H and O–H groups in total. The van der Waals surface area contributed by atoms with Gasteiger partial charge < -0.3 is 10.1 Å². The Kier molecular flexibility index (Phi) is 3.86. The first-order chi connectivity index (χ1) is 11.7. The smallest absolute Gasteiger partial charge is 0.312 e. The van der Waals surface area contributed by atoms with Gasteiger partial charge in [-0.3, -0.25) is 4.57 Å². The molecule has 3 aromatic rings. The Morgan fingerprint density at radius 2 is 2.12 bits per heavy atom. The molecule has 0 amide bonds. The van der Waals surface area contributed by atoms with E-state index < -0.39 is 6.08 Å². The van der Waals surface area contributed by atoms with Crippen LogP contribution in [0.1, 0.15) is 30.2 Å². The first kappa shape index (κ1) is 15.0. The lowest BCUT2D eigenvalue weighted by Gasteiger charge is -2.12. The lowest BCUT2D eigenvalue weighted by atomic mass is 10.1. The number of anilines is 1. The second-order valence-corrected chi connectivity index (χ2v) is 5.97. The highest BCUT2D eigenvalue weighted by Gasteiger charge is 2.22. The zero-order valence-electron chi connectivity index (χ0n) is 13.4. The fourth-order valence-corrected chi connectivity index (χ4v) is 2.90. The molecule has 0 radical (unpaired) electrons. The molecule has 3 heterocycles. The van der Waals surface area contributed by atoms with E-state index in [1.807, 2.05) is 31.2 Å². The molecule has 0 aliphatic carbocycles. The summed E-state index contributed by atoms with van der Waals surface area (Å²) < 4.78 is 21.3. The number of hydrogen-bond donors (Lipinski definition) is 1. The summed E-state index contributed by atoms with van der Waals surface area (Å²) in [4.78, 5) is 12.1.